The quantitative estimate of drug-likeness (QED) is 0.845. The topological polar surface area (TPSA) is 24.9 Å². The fourth-order valence-corrected chi connectivity index (χ4v) is 1.57. The van der Waals surface area contributed by atoms with Crippen LogP contribution >= 0.6 is 0 Å². The van der Waals surface area contributed by atoms with Crippen molar-refractivity contribution in [3.63, 3.8) is 0 Å². The molecular weight excluding hydrogens is 241 g/mol. The predicted octanol–water partition coefficient (Wildman–Crippen LogP) is 3.15. The zero-order valence-electron chi connectivity index (χ0n) is 9.46. The number of benzene rings is 1. The van der Waals surface area contributed by atoms with E-state index in [1.165, 1.54) is 0 Å². The van der Waals surface area contributed by atoms with E-state index in [0.29, 0.717) is 19.0 Å². The first-order chi connectivity index (χ1) is 8.66. The van der Waals surface area contributed by atoms with Gasteiger partial charge >= 0.3 is 0 Å². The van der Waals surface area contributed by atoms with Crippen molar-refractivity contribution < 1.29 is 13.2 Å². The van der Waals surface area contributed by atoms with Crippen LogP contribution in [0.15, 0.2) is 36.7 Å². The highest BCUT2D eigenvalue weighted by Gasteiger charge is 2.10. The molecule has 1 aromatic carbocycles. The highest BCUT2D eigenvalue weighted by Crippen LogP contribution is 2.18. The number of nitrogens with zero attached hydrogens (tertiary/aromatic N) is 1. The highest BCUT2D eigenvalue weighted by molar-refractivity contribution is 5.45. The Labute approximate surface area is 102 Å². The smallest absolute Gasteiger partial charge is 0.182 e. The summed E-state index contributed by atoms with van der Waals surface area (Å²) in [6, 6.07) is 5.11. The van der Waals surface area contributed by atoms with E-state index >= 15 is 0 Å². The van der Waals surface area contributed by atoms with Crippen LogP contribution in [0.4, 0.5) is 18.9 Å². The Morgan fingerprint density at radius 1 is 1.17 bits per heavy atom. The molecule has 0 atom stereocenters. The van der Waals surface area contributed by atoms with Crippen molar-refractivity contribution in [1.82, 2.24) is 4.98 Å². The van der Waals surface area contributed by atoms with E-state index < -0.39 is 17.5 Å². The van der Waals surface area contributed by atoms with Crippen molar-refractivity contribution in [2.75, 3.05) is 11.9 Å². The second kappa shape index (κ2) is 5.53. The van der Waals surface area contributed by atoms with Gasteiger partial charge in [0, 0.05) is 31.1 Å². The molecule has 5 heteroatoms. The second-order valence-electron chi connectivity index (χ2n) is 3.79. The van der Waals surface area contributed by atoms with Crippen LogP contribution in [0, 0.1) is 17.5 Å². The normalized spacial score (nSPS) is 10.4. The minimum absolute atomic E-state index is 0.170. The molecule has 94 valence electrons. The van der Waals surface area contributed by atoms with E-state index in [1.807, 2.05) is 6.07 Å². The van der Waals surface area contributed by atoms with E-state index in [9.17, 15) is 13.2 Å². The summed E-state index contributed by atoms with van der Waals surface area (Å²) in [6.45, 7) is 0.367. The van der Waals surface area contributed by atoms with Crippen LogP contribution in [0.2, 0.25) is 0 Å². The van der Waals surface area contributed by atoms with E-state index in [4.69, 9.17) is 0 Å². The fraction of sp³-hybridized carbons (Fsp3) is 0.154. The molecule has 1 aromatic heterocycles. The predicted molar refractivity (Wildman–Crippen MR) is 62.7 cm³/mol. The van der Waals surface area contributed by atoms with Crippen LogP contribution in [-0.4, -0.2) is 11.5 Å². The molecule has 1 N–H and O–H groups in total. The number of hydrogen-bond acceptors (Lipinski definition) is 2. The first kappa shape index (κ1) is 12.4. The summed E-state index contributed by atoms with van der Waals surface area (Å²) in [5, 5.41) is 2.66. The first-order valence-corrected chi connectivity index (χ1v) is 5.44. The van der Waals surface area contributed by atoms with E-state index in [0.717, 1.165) is 11.6 Å². The lowest BCUT2D eigenvalue weighted by Gasteiger charge is -2.08. The summed E-state index contributed by atoms with van der Waals surface area (Å²) >= 11 is 0. The fourth-order valence-electron chi connectivity index (χ4n) is 1.57. The van der Waals surface area contributed by atoms with Crippen LogP contribution in [0.1, 0.15) is 5.56 Å². The van der Waals surface area contributed by atoms with Gasteiger partial charge in [-0.05, 0) is 18.1 Å². The van der Waals surface area contributed by atoms with Gasteiger partial charge in [0.25, 0.3) is 0 Å². The van der Waals surface area contributed by atoms with Crippen molar-refractivity contribution in [3.8, 4) is 0 Å². The van der Waals surface area contributed by atoms with Gasteiger partial charge in [-0.1, -0.05) is 6.07 Å². The van der Waals surface area contributed by atoms with Crippen molar-refractivity contribution in [3.05, 3.63) is 59.7 Å². The monoisotopic (exact) mass is 252 g/mol. The molecule has 0 saturated carbocycles. The number of rotatable bonds is 4. The molecule has 18 heavy (non-hydrogen) atoms. The lowest BCUT2D eigenvalue weighted by molar-refractivity contribution is 0.497. The van der Waals surface area contributed by atoms with E-state index in [2.05, 4.69) is 10.3 Å². The summed E-state index contributed by atoms with van der Waals surface area (Å²) in [7, 11) is 0. The number of anilines is 1. The molecule has 0 spiro atoms. The molecule has 2 rings (SSSR count). The summed E-state index contributed by atoms with van der Waals surface area (Å²) in [5.41, 5.74) is 0.790. The van der Waals surface area contributed by atoms with Gasteiger partial charge in [-0.2, -0.15) is 0 Å². The Morgan fingerprint density at radius 2 is 2.00 bits per heavy atom. The van der Waals surface area contributed by atoms with Gasteiger partial charge in [0.05, 0.1) is 5.69 Å². The number of halogens is 3. The van der Waals surface area contributed by atoms with Gasteiger partial charge < -0.3 is 5.32 Å². The molecule has 0 unspecified atom stereocenters. The number of aromatic nitrogens is 1. The maximum atomic E-state index is 13.3. The van der Waals surface area contributed by atoms with Crippen molar-refractivity contribution in [2.24, 2.45) is 0 Å². The largest absolute Gasteiger partial charge is 0.382 e. The SMILES string of the molecule is Fc1cc(F)c(F)c(NCCc2cccnc2)c1. The third kappa shape index (κ3) is 3.00. The summed E-state index contributed by atoms with van der Waals surface area (Å²) in [6.07, 6.45) is 3.92. The van der Waals surface area contributed by atoms with Crippen LogP contribution < -0.4 is 5.32 Å². The summed E-state index contributed by atoms with van der Waals surface area (Å²) in [4.78, 5) is 3.93. The maximum Gasteiger partial charge on any atom is 0.182 e. The van der Waals surface area contributed by atoms with Crippen LogP contribution in [0.3, 0.4) is 0 Å². The molecule has 2 aromatic rings. The van der Waals surface area contributed by atoms with Gasteiger partial charge in [-0.25, -0.2) is 13.2 Å². The Hall–Kier alpha value is -2.04. The minimum atomic E-state index is -1.20. The van der Waals surface area contributed by atoms with Crippen LogP contribution in [0.25, 0.3) is 0 Å². The average molecular weight is 252 g/mol. The molecule has 0 radical (unpaired) electrons. The summed E-state index contributed by atoms with van der Waals surface area (Å²) in [5.74, 6) is -3.07. The molecular formula is C13H11F3N2. The van der Waals surface area contributed by atoms with Crippen molar-refractivity contribution >= 4 is 5.69 Å². The molecule has 0 aliphatic rings. The van der Waals surface area contributed by atoms with Gasteiger partial charge in [-0.3, -0.25) is 4.98 Å². The zero-order chi connectivity index (χ0) is 13.0. The number of hydrogen-bond donors (Lipinski definition) is 1. The Balaban J connectivity index is 1.99. The lowest BCUT2D eigenvalue weighted by Crippen LogP contribution is -2.07. The van der Waals surface area contributed by atoms with Gasteiger partial charge in [0.15, 0.2) is 11.6 Å². The standard InChI is InChI=1S/C13H11F3N2/c14-10-6-11(15)13(16)12(7-10)18-5-3-9-2-1-4-17-8-9/h1-2,4,6-8,18H,3,5H2. The van der Waals surface area contributed by atoms with Gasteiger partial charge in [-0.15, -0.1) is 0 Å². The molecule has 2 nitrogen and oxygen atoms in total. The summed E-state index contributed by atoms with van der Waals surface area (Å²) < 4.78 is 39.1. The van der Waals surface area contributed by atoms with E-state index in [-0.39, 0.29) is 5.69 Å². The van der Waals surface area contributed by atoms with E-state index in [1.54, 1.807) is 18.5 Å². The Morgan fingerprint density at radius 3 is 2.72 bits per heavy atom. The lowest BCUT2D eigenvalue weighted by atomic mass is 10.2. The van der Waals surface area contributed by atoms with Gasteiger partial charge in [0.2, 0.25) is 0 Å². The third-order valence-electron chi connectivity index (χ3n) is 2.44. The number of pyridine rings is 1. The molecule has 0 bridgehead atoms. The third-order valence-corrected chi connectivity index (χ3v) is 2.44. The Bertz CT molecular complexity index is 529. The molecule has 0 amide bonds. The minimum Gasteiger partial charge on any atom is -0.382 e. The molecule has 0 saturated heterocycles. The average Bonchev–Trinajstić information content (AvgIpc) is 2.36. The zero-order valence-corrected chi connectivity index (χ0v) is 9.46. The molecule has 1 heterocycles. The second-order valence-corrected chi connectivity index (χ2v) is 3.79. The molecule has 0 aliphatic carbocycles. The van der Waals surface area contributed by atoms with Crippen molar-refractivity contribution in [2.45, 2.75) is 6.42 Å². The molecule has 0 aliphatic heterocycles. The molecule has 0 fully saturated rings. The highest BCUT2D eigenvalue weighted by atomic mass is 19.2. The maximum absolute atomic E-state index is 13.3. The van der Waals surface area contributed by atoms with Gasteiger partial charge in [0.1, 0.15) is 5.82 Å². The van der Waals surface area contributed by atoms with Crippen LogP contribution in [0.5, 0.6) is 0 Å². The van der Waals surface area contributed by atoms with Crippen molar-refractivity contribution in [1.29, 1.82) is 0 Å². The first-order valence-electron chi connectivity index (χ1n) is 5.44. The number of nitrogens with one attached hydrogen (secondary N) is 1. The van der Waals surface area contributed by atoms with Crippen LogP contribution in [-0.2, 0) is 6.42 Å². The Kier molecular flexibility index (Phi) is 3.82.